The molecule has 0 fully saturated rings. The van der Waals surface area contributed by atoms with Gasteiger partial charge in [-0.2, -0.15) is 0 Å². The van der Waals surface area contributed by atoms with Crippen LogP contribution in [0.2, 0.25) is 0 Å². The second kappa shape index (κ2) is 8.52. The number of ether oxygens (including phenoxy) is 1. The molecule has 7 heteroatoms. The van der Waals surface area contributed by atoms with E-state index in [1.54, 1.807) is 19.1 Å². The van der Waals surface area contributed by atoms with Crippen molar-refractivity contribution in [2.24, 2.45) is 0 Å². The fraction of sp³-hybridized carbons (Fsp3) is 0.182. The van der Waals surface area contributed by atoms with E-state index in [1.165, 1.54) is 30.2 Å². The zero-order valence-corrected chi connectivity index (χ0v) is 16.1. The van der Waals surface area contributed by atoms with E-state index < -0.39 is 10.9 Å². The second-order valence-corrected chi connectivity index (χ2v) is 6.52. The molecule has 7 nitrogen and oxygen atoms in total. The fourth-order valence-corrected chi connectivity index (χ4v) is 3.31. The lowest BCUT2D eigenvalue weighted by atomic mass is 10.0. The van der Waals surface area contributed by atoms with Crippen molar-refractivity contribution in [3.05, 3.63) is 92.7 Å². The predicted molar refractivity (Wildman–Crippen MR) is 108 cm³/mol. The van der Waals surface area contributed by atoms with E-state index in [2.05, 4.69) is 0 Å². The minimum Gasteiger partial charge on any atom is -0.465 e. The van der Waals surface area contributed by atoms with Crippen molar-refractivity contribution in [1.29, 1.82) is 0 Å². The number of methoxy groups -OCH3 is 1. The average Bonchev–Trinajstić information content (AvgIpc) is 2.96. The monoisotopic (exact) mass is 392 g/mol. The molecular formula is C22H20N2O5. The van der Waals surface area contributed by atoms with Gasteiger partial charge in [0.1, 0.15) is 0 Å². The highest BCUT2D eigenvalue weighted by atomic mass is 16.6. The van der Waals surface area contributed by atoms with Crippen LogP contribution < -0.4 is 0 Å². The molecule has 0 unspecified atom stereocenters. The number of benzene rings is 2. The first-order chi connectivity index (χ1) is 13.9. The first kappa shape index (κ1) is 20.0. The lowest BCUT2D eigenvalue weighted by Gasteiger charge is -2.17. The highest BCUT2D eigenvalue weighted by Crippen LogP contribution is 2.33. The molecule has 1 aliphatic rings. The predicted octanol–water partition coefficient (Wildman–Crippen LogP) is 3.51. The van der Waals surface area contributed by atoms with E-state index in [0.717, 1.165) is 5.56 Å². The normalized spacial score (nSPS) is 15.2. The molecule has 2 aromatic carbocycles. The van der Waals surface area contributed by atoms with E-state index in [9.17, 15) is 19.7 Å². The van der Waals surface area contributed by atoms with Crippen LogP contribution >= 0.6 is 0 Å². The van der Waals surface area contributed by atoms with Crippen LogP contribution in [0.3, 0.4) is 0 Å². The Labute approximate surface area is 168 Å². The second-order valence-electron chi connectivity index (χ2n) is 6.52. The van der Waals surface area contributed by atoms with Gasteiger partial charge in [0.15, 0.2) is 0 Å². The van der Waals surface area contributed by atoms with Crippen LogP contribution in [0.5, 0.6) is 0 Å². The zero-order chi connectivity index (χ0) is 21.0. The number of nitro groups is 1. The van der Waals surface area contributed by atoms with Gasteiger partial charge in [0, 0.05) is 18.3 Å². The summed E-state index contributed by atoms with van der Waals surface area (Å²) < 4.78 is 4.86. The molecule has 1 heterocycles. The quantitative estimate of drug-likeness (QED) is 0.325. The first-order valence-electron chi connectivity index (χ1n) is 9.04. The maximum absolute atomic E-state index is 13.1. The number of para-hydroxylation sites is 1. The summed E-state index contributed by atoms with van der Waals surface area (Å²) in [6.45, 7) is 2.05. The Bertz CT molecular complexity index is 1020. The molecule has 0 aromatic heterocycles. The van der Waals surface area contributed by atoms with E-state index >= 15 is 0 Å². The molecule has 1 amide bonds. The van der Waals surface area contributed by atoms with Gasteiger partial charge in [-0.25, -0.2) is 4.79 Å². The molecule has 3 rings (SSSR count). The standard InChI is InChI=1S/C22H20N2O5/c1-15-20(22(26)29-2)18(14-17-10-6-7-11-19(17)24(27)28)21(25)23(15)13-12-16-8-4-3-5-9-16/h3-11,14H,12-13H2,1-2H3/b18-14-. The smallest absolute Gasteiger partial charge is 0.340 e. The van der Waals surface area contributed by atoms with Gasteiger partial charge in [0.25, 0.3) is 11.6 Å². The van der Waals surface area contributed by atoms with Gasteiger partial charge in [-0.05, 0) is 31.1 Å². The Morgan fingerprint density at radius 1 is 1.14 bits per heavy atom. The summed E-state index contributed by atoms with van der Waals surface area (Å²) in [6, 6.07) is 15.8. The molecule has 0 aliphatic carbocycles. The van der Waals surface area contributed by atoms with Gasteiger partial charge in [-0.3, -0.25) is 14.9 Å². The summed E-state index contributed by atoms with van der Waals surface area (Å²) in [5.74, 6) is -1.03. The van der Waals surface area contributed by atoms with Crippen LogP contribution in [0.4, 0.5) is 5.69 Å². The van der Waals surface area contributed by atoms with E-state index in [1.807, 2.05) is 30.3 Å². The third-order valence-corrected chi connectivity index (χ3v) is 4.80. The third-order valence-electron chi connectivity index (χ3n) is 4.80. The van der Waals surface area contributed by atoms with Crippen LogP contribution in [0.25, 0.3) is 6.08 Å². The summed E-state index contributed by atoms with van der Waals surface area (Å²) in [7, 11) is 1.24. The number of hydrogen-bond donors (Lipinski definition) is 0. The van der Waals surface area contributed by atoms with Gasteiger partial charge >= 0.3 is 5.97 Å². The largest absolute Gasteiger partial charge is 0.465 e. The summed E-state index contributed by atoms with van der Waals surface area (Å²) in [6.07, 6.45) is 2.00. The number of rotatable bonds is 6. The van der Waals surface area contributed by atoms with Crippen LogP contribution in [-0.4, -0.2) is 35.4 Å². The zero-order valence-electron chi connectivity index (χ0n) is 16.1. The lowest BCUT2D eigenvalue weighted by molar-refractivity contribution is -0.385. The van der Waals surface area contributed by atoms with E-state index in [-0.39, 0.29) is 28.3 Å². The highest BCUT2D eigenvalue weighted by Gasteiger charge is 2.37. The molecular weight excluding hydrogens is 372 g/mol. The van der Waals surface area contributed by atoms with Crippen LogP contribution in [0.1, 0.15) is 18.1 Å². The Hall–Kier alpha value is -3.74. The summed E-state index contributed by atoms with van der Waals surface area (Å²) in [5.41, 5.74) is 1.87. The Morgan fingerprint density at radius 3 is 2.45 bits per heavy atom. The molecule has 0 bridgehead atoms. The molecule has 1 aliphatic heterocycles. The van der Waals surface area contributed by atoms with Crippen molar-refractivity contribution in [1.82, 2.24) is 4.90 Å². The Kier molecular flexibility index (Phi) is 5.87. The molecule has 2 aromatic rings. The van der Waals surface area contributed by atoms with E-state index in [0.29, 0.717) is 18.7 Å². The molecule has 29 heavy (non-hydrogen) atoms. The summed E-state index contributed by atoms with van der Waals surface area (Å²) in [5, 5.41) is 11.3. The van der Waals surface area contributed by atoms with Crippen LogP contribution in [-0.2, 0) is 20.7 Å². The number of allylic oxidation sites excluding steroid dienone is 1. The topological polar surface area (TPSA) is 89.8 Å². The molecule has 0 N–H and O–H groups in total. The fourth-order valence-electron chi connectivity index (χ4n) is 3.31. The Balaban J connectivity index is 2.00. The van der Waals surface area contributed by atoms with Gasteiger partial charge in [-0.1, -0.05) is 42.5 Å². The highest BCUT2D eigenvalue weighted by molar-refractivity contribution is 6.16. The number of amides is 1. The van der Waals surface area contributed by atoms with E-state index in [4.69, 9.17) is 4.74 Å². The maximum atomic E-state index is 13.1. The van der Waals surface area contributed by atoms with Crippen LogP contribution in [0.15, 0.2) is 71.4 Å². The first-order valence-corrected chi connectivity index (χ1v) is 9.04. The molecule has 0 radical (unpaired) electrons. The molecule has 0 saturated carbocycles. The molecule has 0 saturated heterocycles. The number of nitro benzene ring substituents is 1. The Morgan fingerprint density at radius 2 is 1.79 bits per heavy atom. The number of hydrogen-bond acceptors (Lipinski definition) is 5. The van der Waals surface area contributed by atoms with Crippen molar-refractivity contribution in [2.45, 2.75) is 13.3 Å². The lowest BCUT2D eigenvalue weighted by Crippen LogP contribution is -2.27. The van der Waals surface area contributed by atoms with Crippen molar-refractivity contribution in [3.63, 3.8) is 0 Å². The summed E-state index contributed by atoms with van der Waals surface area (Å²) >= 11 is 0. The van der Waals surface area contributed by atoms with Gasteiger partial charge in [0.05, 0.1) is 28.7 Å². The van der Waals surface area contributed by atoms with Crippen molar-refractivity contribution < 1.29 is 19.2 Å². The van der Waals surface area contributed by atoms with Crippen molar-refractivity contribution in [3.8, 4) is 0 Å². The van der Waals surface area contributed by atoms with Crippen molar-refractivity contribution >= 4 is 23.6 Å². The van der Waals surface area contributed by atoms with Gasteiger partial charge < -0.3 is 9.64 Å². The minimum atomic E-state index is -0.650. The number of esters is 1. The number of carbonyl (C=O) groups is 2. The van der Waals surface area contributed by atoms with Gasteiger partial charge in [0.2, 0.25) is 0 Å². The van der Waals surface area contributed by atoms with Gasteiger partial charge in [-0.15, -0.1) is 0 Å². The third kappa shape index (κ3) is 4.08. The minimum absolute atomic E-state index is 0.0942. The molecule has 148 valence electrons. The number of carbonyl (C=O) groups excluding carboxylic acids is 2. The average molecular weight is 392 g/mol. The number of nitrogens with zero attached hydrogens (tertiary/aromatic N) is 2. The summed E-state index contributed by atoms with van der Waals surface area (Å²) in [4.78, 5) is 37.8. The van der Waals surface area contributed by atoms with Crippen molar-refractivity contribution in [2.75, 3.05) is 13.7 Å². The SMILES string of the molecule is COC(=O)C1=C(C)N(CCc2ccccc2)C(=O)/C1=C\c1ccccc1[N+](=O)[O-]. The molecule has 0 atom stereocenters. The maximum Gasteiger partial charge on any atom is 0.340 e. The van der Waals surface area contributed by atoms with Crippen LogP contribution in [0, 0.1) is 10.1 Å². The molecule has 0 spiro atoms.